The zero-order valence-corrected chi connectivity index (χ0v) is 14.8. The standard InChI is InChI=1S/C18H12Cl2FN3O2/c19-12-4-5-15(14(20)9-12)22-18(26)16-6-7-17(25)24(23-16)10-11-2-1-3-13(21)8-11/h1-9H,10H2,(H,22,26). The molecule has 1 N–H and O–H groups in total. The van der Waals surface area contributed by atoms with Gasteiger partial charge in [-0.3, -0.25) is 9.59 Å². The van der Waals surface area contributed by atoms with Crippen LogP contribution in [0.15, 0.2) is 59.4 Å². The smallest absolute Gasteiger partial charge is 0.276 e. The van der Waals surface area contributed by atoms with Crippen LogP contribution in [0.1, 0.15) is 16.1 Å². The lowest BCUT2D eigenvalue weighted by atomic mass is 10.2. The highest BCUT2D eigenvalue weighted by molar-refractivity contribution is 6.36. The molecule has 0 atom stereocenters. The molecule has 2 aromatic carbocycles. The molecule has 0 unspecified atom stereocenters. The number of amides is 1. The van der Waals surface area contributed by atoms with Crippen molar-refractivity contribution < 1.29 is 9.18 Å². The van der Waals surface area contributed by atoms with Gasteiger partial charge in [0.15, 0.2) is 0 Å². The summed E-state index contributed by atoms with van der Waals surface area (Å²) < 4.78 is 14.4. The Morgan fingerprint density at radius 2 is 1.92 bits per heavy atom. The molecular formula is C18H12Cl2FN3O2. The van der Waals surface area contributed by atoms with E-state index in [1.807, 2.05) is 0 Å². The third-order valence-electron chi connectivity index (χ3n) is 3.50. The van der Waals surface area contributed by atoms with E-state index >= 15 is 0 Å². The summed E-state index contributed by atoms with van der Waals surface area (Å²) in [6, 6.07) is 13.0. The molecule has 0 aliphatic heterocycles. The number of aromatic nitrogens is 2. The van der Waals surface area contributed by atoms with E-state index < -0.39 is 17.3 Å². The lowest BCUT2D eigenvalue weighted by Gasteiger charge is -2.09. The minimum absolute atomic E-state index is 0.0204. The molecule has 0 saturated heterocycles. The Hall–Kier alpha value is -2.70. The molecule has 0 aliphatic rings. The maximum atomic E-state index is 13.3. The Kier molecular flexibility index (Phi) is 5.35. The molecule has 0 spiro atoms. The van der Waals surface area contributed by atoms with Crippen LogP contribution in [0.3, 0.4) is 0 Å². The number of nitrogens with one attached hydrogen (secondary N) is 1. The molecule has 8 heteroatoms. The van der Waals surface area contributed by atoms with Gasteiger partial charge >= 0.3 is 0 Å². The number of carbonyl (C=O) groups excluding carboxylic acids is 1. The fraction of sp³-hybridized carbons (Fsp3) is 0.0556. The van der Waals surface area contributed by atoms with Crippen molar-refractivity contribution in [2.45, 2.75) is 6.54 Å². The van der Waals surface area contributed by atoms with E-state index in [1.165, 1.54) is 36.4 Å². The predicted octanol–water partition coefficient (Wildman–Crippen LogP) is 3.99. The van der Waals surface area contributed by atoms with Crippen LogP contribution in [0.25, 0.3) is 0 Å². The summed E-state index contributed by atoms with van der Waals surface area (Å²) in [7, 11) is 0. The van der Waals surface area contributed by atoms with Crippen LogP contribution >= 0.6 is 23.2 Å². The summed E-state index contributed by atoms with van der Waals surface area (Å²) in [5, 5.41) is 7.36. The summed E-state index contributed by atoms with van der Waals surface area (Å²) in [5.74, 6) is -0.955. The number of halogens is 3. The molecule has 5 nitrogen and oxygen atoms in total. The molecule has 0 radical (unpaired) electrons. The average Bonchev–Trinajstić information content (AvgIpc) is 2.59. The van der Waals surface area contributed by atoms with E-state index in [1.54, 1.807) is 18.2 Å². The summed E-state index contributed by atoms with van der Waals surface area (Å²) in [5.41, 5.74) is 0.533. The Labute approximate surface area is 158 Å². The van der Waals surface area contributed by atoms with Gasteiger partial charge < -0.3 is 5.32 Å². The number of hydrogen-bond acceptors (Lipinski definition) is 3. The van der Waals surface area contributed by atoms with Crippen LogP contribution in [-0.2, 0) is 6.54 Å². The zero-order chi connectivity index (χ0) is 18.7. The first kappa shape index (κ1) is 18.1. The van der Waals surface area contributed by atoms with Gasteiger partial charge in [0, 0.05) is 11.1 Å². The summed E-state index contributed by atoms with van der Waals surface area (Å²) in [4.78, 5) is 24.4. The van der Waals surface area contributed by atoms with Crippen LogP contribution in [-0.4, -0.2) is 15.7 Å². The molecule has 132 valence electrons. The molecule has 1 aromatic heterocycles. The van der Waals surface area contributed by atoms with Crippen LogP contribution in [0, 0.1) is 5.82 Å². The quantitative estimate of drug-likeness (QED) is 0.731. The van der Waals surface area contributed by atoms with Gasteiger partial charge in [-0.15, -0.1) is 0 Å². The minimum atomic E-state index is -0.540. The molecule has 3 aromatic rings. The van der Waals surface area contributed by atoms with Gasteiger partial charge in [-0.25, -0.2) is 9.07 Å². The van der Waals surface area contributed by atoms with Crippen LogP contribution in [0.4, 0.5) is 10.1 Å². The van der Waals surface area contributed by atoms with Crippen molar-refractivity contribution in [2.24, 2.45) is 0 Å². The molecule has 0 aliphatic carbocycles. The van der Waals surface area contributed by atoms with Crippen molar-refractivity contribution in [1.29, 1.82) is 0 Å². The molecular weight excluding hydrogens is 380 g/mol. The topological polar surface area (TPSA) is 64.0 Å². The summed E-state index contributed by atoms with van der Waals surface area (Å²) in [6.45, 7) is 0.0411. The average molecular weight is 392 g/mol. The van der Waals surface area contributed by atoms with E-state index in [9.17, 15) is 14.0 Å². The number of rotatable bonds is 4. The Morgan fingerprint density at radius 3 is 2.65 bits per heavy atom. The largest absolute Gasteiger partial charge is 0.319 e. The lowest BCUT2D eigenvalue weighted by molar-refractivity contribution is 0.102. The summed E-state index contributed by atoms with van der Waals surface area (Å²) in [6.07, 6.45) is 0. The molecule has 0 bridgehead atoms. The van der Waals surface area contributed by atoms with Crippen LogP contribution < -0.4 is 10.9 Å². The number of benzene rings is 2. The highest BCUT2D eigenvalue weighted by atomic mass is 35.5. The predicted molar refractivity (Wildman–Crippen MR) is 98.4 cm³/mol. The normalized spacial score (nSPS) is 10.6. The van der Waals surface area contributed by atoms with Crippen molar-refractivity contribution >= 4 is 34.8 Å². The molecule has 1 heterocycles. The second kappa shape index (κ2) is 7.68. The van der Waals surface area contributed by atoms with Crippen LogP contribution in [0.5, 0.6) is 0 Å². The van der Waals surface area contributed by atoms with Gasteiger partial charge in [0.1, 0.15) is 11.5 Å². The Bertz CT molecular complexity index is 1040. The van der Waals surface area contributed by atoms with E-state index in [-0.39, 0.29) is 17.3 Å². The van der Waals surface area contributed by atoms with Gasteiger partial charge in [0.2, 0.25) is 0 Å². The second-order valence-electron chi connectivity index (χ2n) is 5.42. The molecule has 3 rings (SSSR count). The minimum Gasteiger partial charge on any atom is -0.319 e. The van der Waals surface area contributed by atoms with Gasteiger partial charge in [-0.2, -0.15) is 5.10 Å². The van der Waals surface area contributed by atoms with E-state index in [4.69, 9.17) is 23.2 Å². The maximum Gasteiger partial charge on any atom is 0.276 e. The first-order valence-corrected chi connectivity index (χ1v) is 8.27. The molecule has 0 fully saturated rings. The van der Waals surface area contributed by atoms with Gasteiger partial charge in [-0.1, -0.05) is 35.3 Å². The maximum absolute atomic E-state index is 13.3. The van der Waals surface area contributed by atoms with Crippen LogP contribution in [0.2, 0.25) is 10.0 Å². The number of carbonyl (C=O) groups is 1. The van der Waals surface area contributed by atoms with E-state index in [2.05, 4.69) is 10.4 Å². The lowest BCUT2D eigenvalue weighted by Crippen LogP contribution is -2.26. The highest BCUT2D eigenvalue weighted by Crippen LogP contribution is 2.25. The Balaban J connectivity index is 1.84. The second-order valence-corrected chi connectivity index (χ2v) is 6.27. The molecule has 1 amide bonds. The first-order chi connectivity index (χ1) is 12.4. The van der Waals surface area contributed by atoms with Crippen molar-refractivity contribution in [2.75, 3.05) is 5.32 Å². The SMILES string of the molecule is O=C(Nc1ccc(Cl)cc1Cl)c1ccc(=O)n(Cc2cccc(F)c2)n1. The number of anilines is 1. The van der Waals surface area contributed by atoms with Crippen molar-refractivity contribution in [3.8, 4) is 0 Å². The summed E-state index contributed by atoms with van der Waals surface area (Å²) >= 11 is 11.9. The van der Waals surface area contributed by atoms with Crippen molar-refractivity contribution in [3.05, 3.63) is 92.1 Å². The van der Waals surface area contributed by atoms with Gasteiger partial charge in [-0.05, 0) is 42.0 Å². The van der Waals surface area contributed by atoms with Crippen molar-refractivity contribution in [3.63, 3.8) is 0 Å². The molecule has 0 saturated carbocycles. The first-order valence-electron chi connectivity index (χ1n) is 7.51. The van der Waals surface area contributed by atoms with E-state index in [0.717, 1.165) is 4.68 Å². The fourth-order valence-corrected chi connectivity index (χ4v) is 2.72. The molecule has 26 heavy (non-hydrogen) atoms. The van der Waals surface area contributed by atoms with Gasteiger partial charge in [0.25, 0.3) is 11.5 Å². The third-order valence-corrected chi connectivity index (χ3v) is 4.05. The van der Waals surface area contributed by atoms with Crippen molar-refractivity contribution in [1.82, 2.24) is 9.78 Å². The zero-order valence-electron chi connectivity index (χ0n) is 13.2. The van der Waals surface area contributed by atoms with E-state index in [0.29, 0.717) is 16.3 Å². The Morgan fingerprint density at radius 1 is 1.12 bits per heavy atom. The highest BCUT2D eigenvalue weighted by Gasteiger charge is 2.12. The van der Waals surface area contributed by atoms with Gasteiger partial charge in [0.05, 0.1) is 17.3 Å². The monoisotopic (exact) mass is 391 g/mol. The third kappa shape index (κ3) is 4.28. The number of hydrogen-bond donors (Lipinski definition) is 1. The fourth-order valence-electron chi connectivity index (χ4n) is 2.27. The number of nitrogens with zero attached hydrogens (tertiary/aromatic N) is 2.